The molecule has 1 N–H and O–H groups in total. The summed E-state index contributed by atoms with van der Waals surface area (Å²) in [6, 6.07) is 0. The zero-order valence-corrected chi connectivity index (χ0v) is 12.6. The average molecular weight is 334 g/mol. The molecule has 0 aliphatic carbocycles. The third-order valence-electron chi connectivity index (χ3n) is 2.98. The van der Waals surface area contributed by atoms with Crippen LogP contribution in [0.15, 0.2) is 24.5 Å². The lowest BCUT2D eigenvalue weighted by Gasteiger charge is -2.35. The van der Waals surface area contributed by atoms with Crippen molar-refractivity contribution in [2.24, 2.45) is 5.92 Å². The standard InChI is InChI=1S/C14H20F6O2/c1-8(2)6-11(22-10(5)9(3)4)7-12(21,13(15,16)17)14(18,19)20/h8,11,21H,3,5-7H2,1-2,4H3. The molecule has 0 aromatic carbocycles. The number of hydrogen-bond donors (Lipinski definition) is 1. The van der Waals surface area contributed by atoms with E-state index in [0.717, 1.165) is 0 Å². The molecule has 0 bridgehead atoms. The predicted octanol–water partition coefficient (Wildman–Crippen LogP) is 4.75. The van der Waals surface area contributed by atoms with Gasteiger partial charge in [-0.15, -0.1) is 0 Å². The number of alkyl halides is 6. The van der Waals surface area contributed by atoms with Crippen molar-refractivity contribution in [1.29, 1.82) is 0 Å². The Morgan fingerprint density at radius 3 is 1.73 bits per heavy atom. The fraction of sp³-hybridized carbons (Fsp3) is 0.714. The second-order valence-corrected chi connectivity index (χ2v) is 5.63. The Morgan fingerprint density at radius 2 is 1.45 bits per heavy atom. The minimum Gasteiger partial charge on any atom is -0.491 e. The second-order valence-electron chi connectivity index (χ2n) is 5.63. The lowest BCUT2D eigenvalue weighted by Crippen LogP contribution is -2.58. The van der Waals surface area contributed by atoms with E-state index in [9.17, 15) is 31.4 Å². The molecule has 130 valence electrons. The van der Waals surface area contributed by atoms with Crippen LogP contribution in [0, 0.1) is 5.92 Å². The molecule has 22 heavy (non-hydrogen) atoms. The van der Waals surface area contributed by atoms with E-state index in [-0.39, 0.29) is 23.7 Å². The largest absolute Gasteiger partial charge is 0.491 e. The molecule has 0 saturated heterocycles. The maximum absolute atomic E-state index is 12.7. The number of hydrogen-bond acceptors (Lipinski definition) is 2. The predicted molar refractivity (Wildman–Crippen MR) is 70.0 cm³/mol. The lowest BCUT2D eigenvalue weighted by atomic mass is 9.90. The summed E-state index contributed by atoms with van der Waals surface area (Å²) < 4.78 is 81.4. The van der Waals surface area contributed by atoms with Gasteiger partial charge < -0.3 is 9.84 Å². The Kier molecular flexibility index (Phi) is 6.56. The summed E-state index contributed by atoms with van der Waals surface area (Å²) in [4.78, 5) is 0. The molecule has 0 saturated carbocycles. The molecule has 0 aromatic heterocycles. The number of rotatable bonds is 7. The van der Waals surface area contributed by atoms with Crippen LogP contribution in [-0.2, 0) is 4.74 Å². The average Bonchev–Trinajstić information content (AvgIpc) is 2.24. The van der Waals surface area contributed by atoms with Crippen LogP contribution in [0.3, 0.4) is 0 Å². The van der Waals surface area contributed by atoms with Gasteiger partial charge in [0.15, 0.2) is 0 Å². The molecule has 0 aliphatic heterocycles. The van der Waals surface area contributed by atoms with Crippen LogP contribution in [0.2, 0.25) is 0 Å². The van der Waals surface area contributed by atoms with E-state index in [2.05, 4.69) is 13.2 Å². The van der Waals surface area contributed by atoms with Crippen LogP contribution in [0.4, 0.5) is 26.3 Å². The lowest BCUT2D eigenvalue weighted by molar-refractivity contribution is -0.374. The van der Waals surface area contributed by atoms with Crippen molar-refractivity contribution in [3.8, 4) is 0 Å². The van der Waals surface area contributed by atoms with Crippen LogP contribution in [0.25, 0.3) is 0 Å². The van der Waals surface area contributed by atoms with E-state index in [1.54, 1.807) is 13.8 Å². The maximum Gasteiger partial charge on any atom is 0.426 e. The van der Waals surface area contributed by atoms with Gasteiger partial charge in [-0.1, -0.05) is 27.0 Å². The molecule has 1 unspecified atom stereocenters. The highest BCUT2D eigenvalue weighted by molar-refractivity contribution is 5.16. The highest BCUT2D eigenvalue weighted by atomic mass is 19.4. The molecular formula is C14H20F6O2. The van der Waals surface area contributed by atoms with Crippen LogP contribution < -0.4 is 0 Å². The first-order valence-corrected chi connectivity index (χ1v) is 6.49. The molecule has 0 aromatic rings. The van der Waals surface area contributed by atoms with E-state index in [1.165, 1.54) is 6.92 Å². The van der Waals surface area contributed by atoms with Gasteiger partial charge in [-0.05, 0) is 24.8 Å². The van der Waals surface area contributed by atoms with E-state index in [4.69, 9.17) is 4.74 Å². The van der Waals surface area contributed by atoms with Crippen molar-refractivity contribution in [2.75, 3.05) is 0 Å². The summed E-state index contributed by atoms with van der Waals surface area (Å²) >= 11 is 0. The third-order valence-corrected chi connectivity index (χ3v) is 2.98. The third kappa shape index (κ3) is 5.23. The smallest absolute Gasteiger partial charge is 0.426 e. The Hall–Kier alpha value is -1.18. The molecule has 8 heteroatoms. The quantitative estimate of drug-likeness (QED) is 0.413. The Morgan fingerprint density at radius 1 is 1.05 bits per heavy atom. The molecule has 0 rings (SSSR count). The van der Waals surface area contributed by atoms with Crippen molar-refractivity contribution >= 4 is 0 Å². The summed E-state index contributed by atoms with van der Waals surface area (Å²) in [5.41, 5.74) is -4.56. The van der Waals surface area contributed by atoms with Crippen molar-refractivity contribution in [3.05, 3.63) is 24.5 Å². The van der Waals surface area contributed by atoms with Gasteiger partial charge in [0.1, 0.15) is 11.9 Å². The summed E-state index contributed by atoms with van der Waals surface area (Å²) in [5, 5.41) is 9.24. The van der Waals surface area contributed by atoms with Gasteiger partial charge >= 0.3 is 12.4 Å². The SMILES string of the molecule is C=C(C)C(=C)OC(CC(C)C)CC(O)(C(F)(F)F)C(F)(F)F. The monoisotopic (exact) mass is 334 g/mol. The van der Waals surface area contributed by atoms with Gasteiger partial charge in [0.25, 0.3) is 5.60 Å². The fourth-order valence-electron chi connectivity index (χ4n) is 1.72. The number of ether oxygens (including phenoxy) is 1. The highest BCUT2D eigenvalue weighted by Gasteiger charge is 2.70. The number of aliphatic hydroxyl groups is 1. The zero-order valence-electron chi connectivity index (χ0n) is 12.6. The van der Waals surface area contributed by atoms with Gasteiger partial charge in [0, 0.05) is 6.42 Å². The molecule has 0 amide bonds. The van der Waals surface area contributed by atoms with Crippen LogP contribution in [-0.4, -0.2) is 29.2 Å². The number of halogens is 6. The van der Waals surface area contributed by atoms with Gasteiger partial charge in [0.05, 0.1) is 0 Å². The second kappa shape index (κ2) is 6.93. The van der Waals surface area contributed by atoms with E-state index < -0.39 is 30.5 Å². The summed E-state index contributed by atoms with van der Waals surface area (Å²) in [7, 11) is 0. The first kappa shape index (κ1) is 20.8. The van der Waals surface area contributed by atoms with Crippen molar-refractivity contribution < 1.29 is 36.2 Å². The molecule has 2 nitrogen and oxygen atoms in total. The summed E-state index contributed by atoms with van der Waals surface area (Å²) in [6.07, 6.45) is -15.0. The Labute approximate surface area is 125 Å². The van der Waals surface area contributed by atoms with E-state index >= 15 is 0 Å². The first-order chi connectivity index (χ1) is 9.61. The molecule has 0 heterocycles. The van der Waals surface area contributed by atoms with E-state index in [0.29, 0.717) is 0 Å². The topological polar surface area (TPSA) is 29.5 Å². The van der Waals surface area contributed by atoms with Crippen LogP contribution in [0.5, 0.6) is 0 Å². The fourth-order valence-corrected chi connectivity index (χ4v) is 1.72. The van der Waals surface area contributed by atoms with Crippen molar-refractivity contribution in [2.45, 2.75) is 57.7 Å². The summed E-state index contributed by atoms with van der Waals surface area (Å²) in [6.45, 7) is 11.5. The molecular weight excluding hydrogens is 314 g/mol. The van der Waals surface area contributed by atoms with E-state index in [1.807, 2.05) is 0 Å². The van der Waals surface area contributed by atoms with Crippen LogP contribution in [0.1, 0.15) is 33.6 Å². The van der Waals surface area contributed by atoms with Gasteiger partial charge in [-0.25, -0.2) is 0 Å². The first-order valence-electron chi connectivity index (χ1n) is 6.49. The zero-order chi connectivity index (χ0) is 17.9. The molecule has 0 spiro atoms. The molecule has 0 radical (unpaired) electrons. The van der Waals surface area contributed by atoms with Gasteiger partial charge in [-0.2, -0.15) is 26.3 Å². The minimum absolute atomic E-state index is 0.110. The van der Waals surface area contributed by atoms with Gasteiger partial charge in [-0.3, -0.25) is 0 Å². The minimum atomic E-state index is -5.87. The Balaban J connectivity index is 5.48. The molecule has 0 fully saturated rings. The van der Waals surface area contributed by atoms with Crippen LogP contribution >= 0.6 is 0 Å². The number of allylic oxidation sites excluding steroid dienone is 1. The van der Waals surface area contributed by atoms with Crippen molar-refractivity contribution in [3.63, 3.8) is 0 Å². The van der Waals surface area contributed by atoms with Gasteiger partial charge in [0.2, 0.25) is 0 Å². The molecule has 1 atom stereocenters. The normalized spacial score (nSPS) is 14.9. The highest BCUT2D eigenvalue weighted by Crippen LogP contribution is 2.46. The molecule has 0 aliphatic rings. The van der Waals surface area contributed by atoms with Crippen molar-refractivity contribution in [1.82, 2.24) is 0 Å². The maximum atomic E-state index is 12.7. The summed E-state index contributed by atoms with van der Waals surface area (Å²) in [5.74, 6) is -0.356. The Bertz CT molecular complexity index is 395.